The van der Waals surface area contributed by atoms with E-state index in [0.29, 0.717) is 18.5 Å². The Morgan fingerprint density at radius 2 is 2.10 bits per heavy atom. The molecule has 4 nitrogen and oxygen atoms in total. The molecular weight excluding hydrogens is 330 g/mol. The van der Waals surface area contributed by atoms with Crippen molar-refractivity contribution in [1.29, 1.82) is 0 Å². The van der Waals surface area contributed by atoms with Crippen molar-refractivity contribution in [2.24, 2.45) is 5.92 Å². The highest BCUT2D eigenvalue weighted by Gasteiger charge is 2.17. The average Bonchev–Trinajstić information content (AvgIpc) is 2.75. The Hall–Kier alpha value is -0.810. The van der Waals surface area contributed by atoms with Gasteiger partial charge in [-0.3, -0.25) is 4.79 Å². The van der Waals surface area contributed by atoms with Crippen molar-refractivity contribution in [2.45, 2.75) is 46.2 Å². The van der Waals surface area contributed by atoms with Gasteiger partial charge in [0.15, 0.2) is 0 Å². The van der Waals surface area contributed by atoms with Gasteiger partial charge in [-0.05, 0) is 54.9 Å². The molecule has 1 amide bonds. The molecule has 1 atom stereocenters. The van der Waals surface area contributed by atoms with E-state index in [0.717, 1.165) is 29.6 Å². The normalized spacial score (nSPS) is 13.0. The molecular formula is C16H28BrN3O. The summed E-state index contributed by atoms with van der Waals surface area (Å²) in [7, 11) is 4.13. The summed E-state index contributed by atoms with van der Waals surface area (Å²) in [5.41, 5.74) is 0.728. The fourth-order valence-electron chi connectivity index (χ4n) is 2.41. The molecule has 1 unspecified atom stereocenters. The molecule has 0 aliphatic rings. The minimum atomic E-state index is 0.00440. The summed E-state index contributed by atoms with van der Waals surface area (Å²) in [6.07, 6.45) is 4.05. The van der Waals surface area contributed by atoms with Gasteiger partial charge in [0.25, 0.3) is 5.91 Å². The van der Waals surface area contributed by atoms with Gasteiger partial charge in [0, 0.05) is 29.8 Å². The molecule has 5 heteroatoms. The lowest BCUT2D eigenvalue weighted by atomic mass is 10.0. The Balaban J connectivity index is 2.67. The number of nitrogens with one attached hydrogen (secondary N) is 1. The zero-order chi connectivity index (χ0) is 16.0. The lowest BCUT2D eigenvalue weighted by Gasteiger charge is -2.26. The molecule has 120 valence electrons. The van der Waals surface area contributed by atoms with E-state index in [9.17, 15) is 4.79 Å². The molecule has 0 aromatic carbocycles. The van der Waals surface area contributed by atoms with Crippen LogP contribution in [0.4, 0.5) is 0 Å². The third kappa shape index (κ3) is 5.83. The molecule has 0 saturated carbocycles. The Labute approximate surface area is 137 Å². The molecule has 1 aromatic heterocycles. The van der Waals surface area contributed by atoms with Crippen LogP contribution in [0.15, 0.2) is 16.7 Å². The first kappa shape index (κ1) is 18.2. The van der Waals surface area contributed by atoms with E-state index in [1.807, 2.05) is 16.8 Å². The topological polar surface area (TPSA) is 37.3 Å². The molecule has 0 spiro atoms. The molecule has 0 aliphatic carbocycles. The summed E-state index contributed by atoms with van der Waals surface area (Å²) in [5, 5.41) is 3.08. The van der Waals surface area contributed by atoms with Crippen LogP contribution in [-0.2, 0) is 6.54 Å². The number of amides is 1. The van der Waals surface area contributed by atoms with E-state index in [4.69, 9.17) is 0 Å². The monoisotopic (exact) mass is 357 g/mol. The maximum atomic E-state index is 12.4. The van der Waals surface area contributed by atoms with Crippen molar-refractivity contribution < 1.29 is 4.79 Å². The molecule has 0 bridgehead atoms. The molecule has 1 heterocycles. The molecule has 0 saturated heterocycles. The summed E-state index contributed by atoms with van der Waals surface area (Å²) in [5.74, 6) is 0.622. The SMILES string of the molecule is CCCn1cc(Br)cc1C(=O)NCC(CC(C)C)N(C)C. The van der Waals surface area contributed by atoms with Crippen LogP contribution in [0.25, 0.3) is 0 Å². The van der Waals surface area contributed by atoms with Gasteiger partial charge < -0.3 is 14.8 Å². The van der Waals surface area contributed by atoms with E-state index in [1.165, 1.54) is 0 Å². The van der Waals surface area contributed by atoms with E-state index in [2.05, 4.69) is 61.0 Å². The second-order valence-electron chi connectivity index (χ2n) is 6.19. The predicted molar refractivity (Wildman–Crippen MR) is 91.7 cm³/mol. The van der Waals surface area contributed by atoms with Crippen LogP contribution in [0.5, 0.6) is 0 Å². The zero-order valence-electron chi connectivity index (χ0n) is 13.8. The molecule has 21 heavy (non-hydrogen) atoms. The predicted octanol–water partition coefficient (Wildman–Crippen LogP) is 3.37. The van der Waals surface area contributed by atoms with Crippen molar-refractivity contribution in [1.82, 2.24) is 14.8 Å². The fraction of sp³-hybridized carbons (Fsp3) is 0.688. The van der Waals surface area contributed by atoms with E-state index >= 15 is 0 Å². The smallest absolute Gasteiger partial charge is 0.268 e. The highest BCUT2D eigenvalue weighted by Crippen LogP contribution is 2.16. The number of carbonyl (C=O) groups is 1. The van der Waals surface area contributed by atoms with E-state index in [-0.39, 0.29) is 5.91 Å². The van der Waals surface area contributed by atoms with Crippen LogP contribution in [0.1, 0.15) is 44.1 Å². The summed E-state index contributed by atoms with van der Waals surface area (Å²) in [4.78, 5) is 14.6. The lowest BCUT2D eigenvalue weighted by molar-refractivity contribution is 0.0929. The third-order valence-corrected chi connectivity index (χ3v) is 3.97. The van der Waals surface area contributed by atoms with Crippen molar-refractivity contribution >= 4 is 21.8 Å². The van der Waals surface area contributed by atoms with Crippen molar-refractivity contribution in [3.05, 3.63) is 22.4 Å². The number of hydrogen-bond donors (Lipinski definition) is 1. The van der Waals surface area contributed by atoms with Crippen molar-refractivity contribution in [3.8, 4) is 0 Å². The van der Waals surface area contributed by atoms with Crippen LogP contribution in [0, 0.1) is 5.92 Å². The highest BCUT2D eigenvalue weighted by molar-refractivity contribution is 9.10. The Morgan fingerprint density at radius 1 is 1.43 bits per heavy atom. The quantitative estimate of drug-likeness (QED) is 0.774. The first-order chi connectivity index (χ1) is 9.85. The Morgan fingerprint density at radius 3 is 2.62 bits per heavy atom. The summed E-state index contributed by atoms with van der Waals surface area (Å²) in [6.45, 7) is 8.07. The molecule has 0 radical (unpaired) electrons. The van der Waals surface area contributed by atoms with Gasteiger partial charge in [-0.2, -0.15) is 0 Å². The lowest BCUT2D eigenvalue weighted by Crippen LogP contribution is -2.41. The third-order valence-electron chi connectivity index (χ3n) is 3.53. The van der Waals surface area contributed by atoms with Gasteiger partial charge in [-0.1, -0.05) is 20.8 Å². The molecule has 1 aromatic rings. The maximum Gasteiger partial charge on any atom is 0.268 e. The maximum absolute atomic E-state index is 12.4. The van der Waals surface area contributed by atoms with E-state index in [1.54, 1.807) is 0 Å². The van der Waals surface area contributed by atoms with Crippen molar-refractivity contribution in [2.75, 3.05) is 20.6 Å². The van der Waals surface area contributed by atoms with Gasteiger partial charge in [-0.25, -0.2) is 0 Å². The number of nitrogens with zero attached hydrogens (tertiary/aromatic N) is 2. The van der Waals surface area contributed by atoms with Gasteiger partial charge >= 0.3 is 0 Å². The average molecular weight is 358 g/mol. The molecule has 1 rings (SSSR count). The number of carbonyl (C=O) groups excluding carboxylic acids is 1. The van der Waals surface area contributed by atoms with Crippen LogP contribution >= 0.6 is 15.9 Å². The number of rotatable bonds is 8. The largest absolute Gasteiger partial charge is 0.349 e. The van der Waals surface area contributed by atoms with Gasteiger partial charge in [0.05, 0.1) is 0 Å². The summed E-state index contributed by atoms with van der Waals surface area (Å²) in [6, 6.07) is 2.25. The Kier molecular flexibility index (Phi) is 7.46. The standard InChI is InChI=1S/C16H28BrN3O/c1-6-7-20-11-13(17)9-15(20)16(21)18-10-14(19(4)5)8-12(2)3/h9,11-12,14H,6-8,10H2,1-5H3,(H,18,21). The summed E-state index contributed by atoms with van der Waals surface area (Å²) < 4.78 is 2.96. The number of aromatic nitrogens is 1. The zero-order valence-corrected chi connectivity index (χ0v) is 15.4. The number of aryl methyl sites for hydroxylation is 1. The summed E-state index contributed by atoms with van der Waals surface area (Å²) >= 11 is 3.45. The number of hydrogen-bond acceptors (Lipinski definition) is 2. The second-order valence-corrected chi connectivity index (χ2v) is 7.11. The van der Waals surface area contributed by atoms with Gasteiger partial charge in [0.2, 0.25) is 0 Å². The number of likely N-dealkylation sites (N-methyl/N-ethyl adjacent to an activating group) is 1. The highest BCUT2D eigenvalue weighted by atomic mass is 79.9. The van der Waals surface area contributed by atoms with Crippen LogP contribution in [-0.4, -0.2) is 42.1 Å². The molecule has 0 aliphatic heterocycles. The first-order valence-corrected chi connectivity index (χ1v) is 8.44. The van der Waals surface area contributed by atoms with Crippen LogP contribution in [0.3, 0.4) is 0 Å². The first-order valence-electron chi connectivity index (χ1n) is 7.65. The molecule has 0 fully saturated rings. The molecule has 1 N–H and O–H groups in total. The van der Waals surface area contributed by atoms with Crippen molar-refractivity contribution in [3.63, 3.8) is 0 Å². The van der Waals surface area contributed by atoms with E-state index < -0.39 is 0 Å². The van der Waals surface area contributed by atoms with Crippen LogP contribution < -0.4 is 5.32 Å². The minimum absolute atomic E-state index is 0.00440. The van der Waals surface area contributed by atoms with Gasteiger partial charge in [-0.15, -0.1) is 0 Å². The Bertz CT molecular complexity index is 454. The van der Waals surface area contributed by atoms with Gasteiger partial charge in [0.1, 0.15) is 5.69 Å². The van der Waals surface area contributed by atoms with Crippen LogP contribution in [0.2, 0.25) is 0 Å². The fourth-order valence-corrected chi connectivity index (χ4v) is 2.88. The minimum Gasteiger partial charge on any atom is -0.349 e. The number of halogens is 1. The second kappa shape index (κ2) is 8.59.